The smallest absolute Gasteiger partial charge is 0.339 e. The number of piperazine rings is 1. The third-order valence-electron chi connectivity index (χ3n) is 5.40. The highest BCUT2D eigenvalue weighted by atomic mass is 32.1. The Morgan fingerprint density at radius 2 is 1.52 bits per heavy atom. The van der Waals surface area contributed by atoms with Crippen LogP contribution in [0.25, 0.3) is 0 Å². The predicted octanol–water partition coefficient (Wildman–Crippen LogP) is 4.31. The van der Waals surface area contributed by atoms with Crippen LogP contribution in [0.3, 0.4) is 0 Å². The van der Waals surface area contributed by atoms with Crippen LogP contribution >= 0.6 is 11.3 Å². The second-order valence-electron chi connectivity index (χ2n) is 7.25. The van der Waals surface area contributed by atoms with Crippen LogP contribution in [0.2, 0.25) is 0 Å². The first kappa shape index (κ1) is 19.8. The lowest BCUT2D eigenvalue weighted by Gasteiger charge is -2.39. The van der Waals surface area contributed by atoms with E-state index in [1.807, 2.05) is 10.8 Å². The molecule has 1 aliphatic heterocycles. The minimum atomic E-state index is -0.224. The topological polar surface area (TPSA) is 32.8 Å². The molecule has 0 bridgehead atoms. The molecule has 4 nitrogen and oxygen atoms in total. The van der Waals surface area contributed by atoms with E-state index < -0.39 is 0 Å². The van der Waals surface area contributed by atoms with E-state index in [-0.39, 0.29) is 12.0 Å². The van der Waals surface area contributed by atoms with E-state index in [9.17, 15) is 4.79 Å². The molecule has 0 amide bonds. The van der Waals surface area contributed by atoms with E-state index in [4.69, 9.17) is 4.74 Å². The molecule has 0 radical (unpaired) electrons. The van der Waals surface area contributed by atoms with Gasteiger partial charge in [-0.1, -0.05) is 60.7 Å². The van der Waals surface area contributed by atoms with Crippen molar-refractivity contribution >= 4 is 17.3 Å². The van der Waals surface area contributed by atoms with E-state index >= 15 is 0 Å². The fraction of sp³-hybridized carbons (Fsp3) is 0.292. The lowest BCUT2D eigenvalue weighted by molar-refractivity contribution is 0.0408. The maximum absolute atomic E-state index is 12.0. The van der Waals surface area contributed by atoms with Crippen LogP contribution in [-0.4, -0.2) is 55.1 Å². The van der Waals surface area contributed by atoms with Gasteiger partial charge in [-0.15, -0.1) is 0 Å². The Morgan fingerprint density at radius 3 is 2.07 bits per heavy atom. The van der Waals surface area contributed by atoms with Crippen molar-refractivity contribution in [3.05, 3.63) is 94.2 Å². The lowest BCUT2D eigenvalue weighted by atomic mass is 9.96. The molecule has 0 unspecified atom stereocenters. The minimum Gasteiger partial charge on any atom is -0.461 e. The zero-order valence-corrected chi connectivity index (χ0v) is 17.3. The van der Waals surface area contributed by atoms with E-state index in [1.54, 1.807) is 6.07 Å². The van der Waals surface area contributed by atoms with Crippen molar-refractivity contribution in [3.63, 3.8) is 0 Å². The number of carbonyl (C=O) groups excluding carboxylic acids is 1. The number of hydrogen-bond donors (Lipinski definition) is 0. The molecule has 4 rings (SSSR count). The molecular formula is C24H26N2O2S. The first-order valence-corrected chi connectivity index (χ1v) is 11.0. The van der Waals surface area contributed by atoms with Crippen molar-refractivity contribution in [1.82, 2.24) is 9.80 Å². The van der Waals surface area contributed by atoms with Gasteiger partial charge in [-0.2, -0.15) is 11.3 Å². The Bertz CT molecular complexity index is 836. The van der Waals surface area contributed by atoms with Gasteiger partial charge in [0.15, 0.2) is 0 Å². The van der Waals surface area contributed by atoms with Crippen molar-refractivity contribution in [2.45, 2.75) is 6.04 Å². The average Bonchev–Trinajstić information content (AvgIpc) is 3.32. The van der Waals surface area contributed by atoms with Crippen LogP contribution in [-0.2, 0) is 4.74 Å². The molecule has 1 fully saturated rings. The van der Waals surface area contributed by atoms with Crippen molar-refractivity contribution < 1.29 is 9.53 Å². The highest BCUT2D eigenvalue weighted by Crippen LogP contribution is 2.29. The van der Waals surface area contributed by atoms with Gasteiger partial charge in [-0.3, -0.25) is 9.80 Å². The van der Waals surface area contributed by atoms with Gasteiger partial charge in [0.05, 0.1) is 11.6 Å². The van der Waals surface area contributed by atoms with Crippen LogP contribution in [0, 0.1) is 0 Å². The van der Waals surface area contributed by atoms with Crippen LogP contribution in [0.1, 0.15) is 27.5 Å². The number of rotatable bonds is 7. The highest BCUT2D eigenvalue weighted by Gasteiger charge is 2.26. The quantitative estimate of drug-likeness (QED) is 0.548. The molecule has 150 valence electrons. The fourth-order valence-electron chi connectivity index (χ4n) is 3.86. The summed E-state index contributed by atoms with van der Waals surface area (Å²) in [5.74, 6) is -0.224. The number of benzene rings is 2. The summed E-state index contributed by atoms with van der Waals surface area (Å²) >= 11 is 1.51. The summed E-state index contributed by atoms with van der Waals surface area (Å²) in [6.45, 7) is 5.17. The van der Waals surface area contributed by atoms with Crippen molar-refractivity contribution in [3.8, 4) is 0 Å². The van der Waals surface area contributed by atoms with E-state index in [0.29, 0.717) is 12.2 Å². The van der Waals surface area contributed by atoms with Crippen LogP contribution < -0.4 is 0 Å². The number of hydrogen-bond acceptors (Lipinski definition) is 5. The molecule has 1 saturated heterocycles. The summed E-state index contributed by atoms with van der Waals surface area (Å²) in [4.78, 5) is 16.9. The number of esters is 1. The van der Waals surface area contributed by atoms with Gasteiger partial charge in [0.25, 0.3) is 0 Å². The molecule has 0 spiro atoms. The molecule has 0 atom stereocenters. The van der Waals surface area contributed by atoms with Crippen molar-refractivity contribution in [1.29, 1.82) is 0 Å². The van der Waals surface area contributed by atoms with E-state index in [2.05, 4.69) is 70.5 Å². The summed E-state index contributed by atoms with van der Waals surface area (Å²) in [7, 11) is 0. The molecule has 0 aliphatic carbocycles. The number of carbonyl (C=O) groups is 1. The molecule has 0 N–H and O–H groups in total. The molecular weight excluding hydrogens is 380 g/mol. The third kappa shape index (κ3) is 5.12. The molecule has 3 aromatic rings. The summed E-state index contributed by atoms with van der Waals surface area (Å²) in [6.07, 6.45) is 0. The molecule has 1 aromatic heterocycles. The molecule has 29 heavy (non-hydrogen) atoms. The van der Waals surface area contributed by atoms with Gasteiger partial charge >= 0.3 is 5.97 Å². The van der Waals surface area contributed by atoms with Gasteiger partial charge < -0.3 is 4.74 Å². The highest BCUT2D eigenvalue weighted by molar-refractivity contribution is 7.08. The van der Waals surface area contributed by atoms with Gasteiger partial charge in [-0.25, -0.2) is 4.79 Å². The number of ether oxygens (including phenoxy) is 1. The maximum Gasteiger partial charge on any atom is 0.339 e. The standard InChI is InChI=1S/C24H26N2O2S/c27-24(22-11-18-29-19-22)28-17-16-25-12-14-26(15-13-25)23(20-7-3-1-4-8-20)21-9-5-2-6-10-21/h1-11,18-19,23H,12-17H2. The summed E-state index contributed by atoms with van der Waals surface area (Å²) in [5.41, 5.74) is 3.31. The van der Waals surface area contributed by atoms with Gasteiger partial charge in [0.2, 0.25) is 0 Å². The van der Waals surface area contributed by atoms with Crippen LogP contribution in [0.4, 0.5) is 0 Å². The second-order valence-corrected chi connectivity index (χ2v) is 8.03. The van der Waals surface area contributed by atoms with Crippen LogP contribution in [0.15, 0.2) is 77.5 Å². The lowest BCUT2D eigenvalue weighted by Crippen LogP contribution is -2.48. The molecule has 0 saturated carbocycles. The Labute approximate surface area is 176 Å². The monoisotopic (exact) mass is 406 g/mol. The first-order valence-electron chi connectivity index (χ1n) is 10.1. The number of thiophene rings is 1. The van der Waals surface area contributed by atoms with Gasteiger partial charge in [0, 0.05) is 38.1 Å². The number of nitrogens with zero attached hydrogens (tertiary/aromatic N) is 2. The summed E-state index contributed by atoms with van der Waals surface area (Å²) < 4.78 is 5.41. The summed E-state index contributed by atoms with van der Waals surface area (Å²) in [5, 5.41) is 3.72. The van der Waals surface area contributed by atoms with Crippen molar-refractivity contribution in [2.24, 2.45) is 0 Å². The Kier molecular flexibility index (Phi) is 6.72. The fourth-order valence-corrected chi connectivity index (χ4v) is 4.49. The predicted molar refractivity (Wildman–Crippen MR) is 117 cm³/mol. The minimum absolute atomic E-state index is 0.224. The third-order valence-corrected chi connectivity index (χ3v) is 6.08. The van der Waals surface area contributed by atoms with E-state index in [1.165, 1.54) is 22.5 Å². The normalized spacial score (nSPS) is 15.5. The van der Waals surface area contributed by atoms with Gasteiger partial charge in [-0.05, 0) is 22.6 Å². The largest absolute Gasteiger partial charge is 0.461 e. The summed E-state index contributed by atoms with van der Waals surface area (Å²) in [6, 6.07) is 23.5. The Hall–Kier alpha value is -2.47. The Morgan fingerprint density at radius 1 is 0.897 bits per heavy atom. The Balaban J connectivity index is 1.33. The second kappa shape index (κ2) is 9.83. The average molecular weight is 407 g/mol. The molecule has 2 aromatic carbocycles. The molecule has 1 aliphatic rings. The van der Waals surface area contributed by atoms with Gasteiger partial charge in [0.1, 0.15) is 6.61 Å². The first-order chi connectivity index (χ1) is 14.3. The zero-order valence-electron chi connectivity index (χ0n) is 16.4. The SMILES string of the molecule is O=C(OCCN1CCN(C(c2ccccc2)c2ccccc2)CC1)c1ccsc1. The maximum atomic E-state index is 12.0. The van der Waals surface area contributed by atoms with Crippen LogP contribution in [0.5, 0.6) is 0 Å². The zero-order chi connectivity index (χ0) is 19.9. The molecule has 5 heteroatoms. The molecule has 2 heterocycles. The van der Waals surface area contributed by atoms with Crippen molar-refractivity contribution in [2.75, 3.05) is 39.3 Å². The van der Waals surface area contributed by atoms with E-state index in [0.717, 1.165) is 32.7 Å².